The van der Waals surface area contributed by atoms with Crippen molar-refractivity contribution >= 4 is 11.5 Å². The Labute approximate surface area is 153 Å². The van der Waals surface area contributed by atoms with E-state index in [9.17, 15) is 4.79 Å². The zero-order valence-corrected chi connectivity index (χ0v) is 15.9. The number of aromatic nitrogens is 5. The van der Waals surface area contributed by atoms with Crippen molar-refractivity contribution in [2.24, 2.45) is 7.05 Å². The topological polar surface area (TPSA) is 68.3 Å². The van der Waals surface area contributed by atoms with Gasteiger partial charge in [-0.15, -0.1) is 5.10 Å². The monoisotopic (exact) mass is 354 g/mol. The van der Waals surface area contributed by atoms with Crippen molar-refractivity contribution in [2.45, 2.75) is 39.5 Å². The van der Waals surface area contributed by atoms with Gasteiger partial charge in [0.2, 0.25) is 5.95 Å². The second kappa shape index (κ2) is 7.68. The van der Waals surface area contributed by atoms with E-state index < -0.39 is 0 Å². The summed E-state index contributed by atoms with van der Waals surface area (Å²) in [5.41, 5.74) is 1.59. The van der Waals surface area contributed by atoms with Crippen LogP contribution in [-0.2, 0) is 7.05 Å². The maximum atomic E-state index is 12.4. The molecule has 0 unspecified atom stereocenters. The molecule has 138 valence electrons. The Morgan fingerprint density at radius 2 is 1.85 bits per heavy atom. The molecule has 0 atom stereocenters. The van der Waals surface area contributed by atoms with Crippen LogP contribution in [0.3, 0.4) is 0 Å². The minimum Gasteiger partial charge on any atom is -0.341 e. The van der Waals surface area contributed by atoms with E-state index in [4.69, 9.17) is 0 Å². The van der Waals surface area contributed by atoms with E-state index in [-0.39, 0.29) is 11.5 Å². The van der Waals surface area contributed by atoms with Crippen LogP contribution in [0.25, 0.3) is 5.52 Å². The van der Waals surface area contributed by atoms with Gasteiger partial charge in [0.1, 0.15) is 5.82 Å². The lowest BCUT2D eigenvalue weighted by Crippen LogP contribution is -2.31. The van der Waals surface area contributed by atoms with Gasteiger partial charge in [0, 0.05) is 37.9 Å². The van der Waals surface area contributed by atoms with Gasteiger partial charge in [-0.05, 0) is 31.9 Å². The summed E-state index contributed by atoms with van der Waals surface area (Å²) >= 11 is 0. The van der Waals surface area contributed by atoms with Gasteiger partial charge >= 0.3 is 0 Å². The van der Waals surface area contributed by atoms with E-state index in [0.29, 0.717) is 5.52 Å². The Kier molecular flexibility index (Phi) is 5.35. The first-order valence-corrected chi connectivity index (χ1v) is 9.06. The SMILES string of the molecule is CC(C)c1ncc2c(=O)n(C)c(N3CCCC3)nn12.Cc1ccccn1. The summed E-state index contributed by atoms with van der Waals surface area (Å²) in [7, 11) is 1.78. The summed E-state index contributed by atoms with van der Waals surface area (Å²) < 4.78 is 3.34. The van der Waals surface area contributed by atoms with Crippen LogP contribution in [0.15, 0.2) is 35.4 Å². The van der Waals surface area contributed by atoms with E-state index in [2.05, 4.69) is 33.8 Å². The molecule has 0 amide bonds. The van der Waals surface area contributed by atoms with Crippen LogP contribution < -0.4 is 10.5 Å². The lowest BCUT2D eigenvalue weighted by Gasteiger charge is -2.19. The molecule has 7 nitrogen and oxygen atoms in total. The molecule has 1 saturated heterocycles. The van der Waals surface area contributed by atoms with Crippen molar-refractivity contribution in [3.05, 3.63) is 52.5 Å². The summed E-state index contributed by atoms with van der Waals surface area (Å²) in [5, 5.41) is 4.64. The van der Waals surface area contributed by atoms with Crippen LogP contribution in [0.4, 0.5) is 5.95 Å². The van der Waals surface area contributed by atoms with Crippen molar-refractivity contribution in [3.8, 4) is 0 Å². The zero-order chi connectivity index (χ0) is 18.7. The van der Waals surface area contributed by atoms with E-state index in [1.165, 1.54) is 0 Å². The second-order valence-electron chi connectivity index (χ2n) is 6.90. The fourth-order valence-corrected chi connectivity index (χ4v) is 3.06. The Morgan fingerprint density at radius 3 is 2.38 bits per heavy atom. The molecule has 4 heterocycles. The summed E-state index contributed by atoms with van der Waals surface area (Å²) in [6, 6.07) is 5.86. The van der Waals surface area contributed by atoms with Crippen molar-refractivity contribution < 1.29 is 0 Å². The summed E-state index contributed by atoms with van der Waals surface area (Å²) in [5.74, 6) is 1.83. The third-order valence-electron chi connectivity index (χ3n) is 4.50. The number of hydrogen-bond donors (Lipinski definition) is 0. The number of nitrogens with zero attached hydrogens (tertiary/aromatic N) is 6. The third kappa shape index (κ3) is 3.61. The molecule has 0 saturated carbocycles. The number of aryl methyl sites for hydroxylation is 1. The number of anilines is 1. The predicted molar refractivity (Wildman–Crippen MR) is 103 cm³/mol. The van der Waals surface area contributed by atoms with Crippen molar-refractivity contribution in [1.82, 2.24) is 24.1 Å². The lowest BCUT2D eigenvalue weighted by molar-refractivity contribution is 0.675. The van der Waals surface area contributed by atoms with Gasteiger partial charge < -0.3 is 4.90 Å². The molecule has 0 spiro atoms. The predicted octanol–water partition coefficient (Wildman–Crippen LogP) is 2.54. The molecule has 0 aromatic carbocycles. The Hall–Kier alpha value is -2.70. The molecule has 0 N–H and O–H groups in total. The first kappa shape index (κ1) is 18.1. The fraction of sp³-hybridized carbons (Fsp3) is 0.474. The molecule has 3 aromatic heterocycles. The van der Waals surface area contributed by atoms with Crippen LogP contribution in [0, 0.1) is 6.92 Å². The van der Waals surface area contributed by atoms with Gasteiger partial charge in [-0.25, -0.2) is 9.50 Å². The van der Waals surface area contributed by atoms with Gasteiger partial charge in [-0.2, -0.15) is 0 Å². The van der Waals surface area contributed by atoms with Gasteiger partial charge in [0.05, 0.1) is 6.20 Å². The third-order valence-corrected chi connectivity index (χ3v) is 4.50. The Morgan fingerprint density at radius 1 is 1.12 bits per heavy atom. The lowest BCUT2D eigenvalue weighted by atomic mass is 10.2. The smallest absolute Gasteiger partial charge is 0.280 e. The van der Waals surface area contributed by atoms with Gasteiger partial charge in [0.15, 0.2) is 5.52 Å². The maximum absolute atomic E-state index is 12.4. The van der Waals surface area contributed by atoms with E-state index in [0.717, 1.165) is 43.4 Å². The van der Waals surface area contributed by atoms with Gasteiger partial charge in [0.25, 0.3) is 5.56 Å². The van der Waals surface area contributed by atoms with Crippen molar-refractivity contribution in [1.29, 1.82) is 0 Å². The molecule has 4 rings (SSSR count). The largest absolute Gasteiger partial charge is 0.341 e. The van der Waals surface area contributed by atoms with Crippen LogP contribution in [0.2, 0.25) is 0 Å². The maximum Gasteiger partial charge on any atom is 0.280 e. The highest BCUT2D eigenvalue weighted by atomic mass is 16.1. The van der Waals surface area contributed by atoms with Crippen molar-refractivity contribution in [2.75, 3.05) is 18.0 Å². The number of hydrogen-bond acceptors (Lipinski definition) is 5. The molecule has 26 heavy (non-hydrogen) atoms. The number of fused-ring (bicyclic) bond motifs is 1. The van der Waals surface area contributed by atoms with Crippen LogP contribution in [-0.4, -0.2) is 37.2 Å². The summed E-state index contributed by atoms with van der Waals surface area (Å²) in [6.45, 7) is 8.03. The molecule has 1 aliphatic heterocycles. The van der Waals surface area contributed by atoms with Crippen LogP contribution in [0.5, 0.6) is 0 Å². The van der Waals surface area contributed by atoms with E-state index in [1.54, 1.807) is 28.5 Å². The normalized spacial score (nSPS) is 14.0. The van der Waals surface area contributed by atoms with Gasteiger partial charge in [-0.1, -0.05) is 19.9 Å². The highest BCUT2D eigenvalue weighted by molar-refractivity contribution is 5.46. The quantitative estimate of drug-likeness (QED) is 0.707. The molecule has 0 aliphatic carbocycles. The summed E-state index contributed by atoms with van der Waals surface area (Å²) in [4.78, 5) is 22.9. The zero-order valence-electron chi connectivity index (χ0n) is 15.9. The summed E-state index contributed by atoms with van der Waals surface area (Å²) in [6.07, 6.45) is 5.73. The number of rotatable bonds is 2. The second-order valence-corrected chi connectivity index (χ2v) is 6.90. The average Bonchev–Trinajstić information content (AvgIpc) is 3.29. The molecule has 1 aliphatic rings. The molecular weight excluding hydrogens is 328 g/mol. The molecular formula is C19H26N6O. The minimum atomic E-state index is -0.0312. The average molecular weight is 354 g/mol. The minimum absolute atomic E-state index is 0.0312. The Balaban J connectivity index is 0.000000236. The van der Waals surface area contributed by atoms with Crippen molar-refractivity contribution in [3.63, 3.8) is 0 Å². The Bertz CT molecular complexity index is 922. The van der Waals surface area contributed by atoms with Crippen LogP contribution in [0.1, 0.15) is 44.1 Å². The van der Waals surface area contributed by atoms with E-state index >= 15 is 0 Å². The molecule has 1 fully saturated rings. The van der Waals surface area contributed by atoms with Crippen LogP contribution >= 0.6 is 0 Å². The molecule has 3 aromatic rings. The first-order valence-electron chi connectivity index (χ1n) is 9.06. The standard InChI is InChI=1S/C13H19N5O.C6H7N/c1-9(2)11-14-8-10-12(19)16(3)13(15-18(10)11)17-6-4-5-7-17;1-6-4-2-3-5-7-6/h8-9H,4-7H2,1-3H3;2-5H,1H3. The number of pyridine rings is 1. The number of imidazole rings is 1. The van der Waals surface area contributed by atoms with E-state index in [1.807, 2.05) is 25.1 Å². The fourth-order valence-electron chi connectivity index (χ4n) is 3.06. The molecule has 0 bridgehead atoms. The molecule has 0 radical (unpaired) electrons. The van der Waals surface area contributed by atoms with Gasteiger partial charge in [-0.3, -0.25) is 14.3 Å². The molecule has 7 heteroatoms. The first-order chi connectivity index (χ1) is 12.5. The highest BCUT2D eigenvalue weighted by Crippen LogP contribution is 2.18. The highest BCUT2D eigenvalue weighted by Gasteiger charge is 2.20.